The first kappa shape index (κ1) is 7.07. The third-order valence-electron chi connectivity index (χ3n) is 1.25. The normalized spacial score (nSPS) is 15.1. The van der Waals surface area contributed by atoms with E-state index in [1.807, 2.05) is 31.4 Å². The Bertz CT molecular complexity index is 215. The lowest BCUT2D eigenvalue weighted by Crippen LogP contribution is -2.08. The van der Waals surface area contributed by atoms with E-state index in [2.05, 4.69) is 17.1 Å². The van der Waals surface area contributed by atoms with Gasteiger partial charge in [-0.15, -0.1) is 5.73 Å². The van der Waals surface area contributed by atoms with E-state index in [0.29, 0.717) is 0 Å². The zero-order valence-corrected chi connectivity index (χ0v) is 6.09. The van der Waals surface area contributed by atoms with E-state index in [1.165, 1.54) is 5.57 Å². The first-order valence-electron chi connectivity index (χ1n) is 3.37. The van der Waals surface area contributed by atoms with Gasteiger partial charge >= 0.3 is 0 Å². The minimum absolute atomic E-state index is 0.884. The second-order valence-electron chi connectivity index (χ2n) is 2.11. The van der Waals surface area contributed by atoms with Crippen LogP contribution in [0.25, 0.3) is 0 Å². The molecule has 0 amide bonds. The van der Waals surface area contributed by atoms with Crippen molar-refractivity contribution in [2.24, 2.45) is 0 Å². The number of allylic oxidation sites excluding steroid dienone is 3. The van der Waals surface area contributed by atoms with Crippen molar-refractivity contribution >= 4 is 0 Å². The molecule has 1 nitrogen and oxygen atoms in total. The zero-order valence-electron chi connectivity index (χ0n) is 6.09. The molecule has 0 unspecified atom stereocenters. The molecule has 1 aliphatic carbocycles. The maximum absolute atomic E-state index is 3.14. The van der Waals surface area contributed by atoms with Gasteiger partial charge in [0, 0.05) is 12.1 Å². The monoisotopic (exact) mass is 133 g/mol. The molecule has 1 N–H and O–H groups in total. The summed E-state index contributed by atoms with van der Waals surface area (Å²) in [5.74, 6) is 0. The van der Waals surface area contributed by atoms with E-state index in [0.717, 1.165) is 6.54 Å². The Hall–Kier alpha value is -1.04. The van der Waals surface area contributed by atoms with Crippen molar-refractivity contribution in [3.8, 4) is 0 Å². The Kier molecular flexibility index (Phi) is 2.75. The largest absolute Gasteiger partial charge is 0.315 e. The predicted octanol–water partition coefficient (Wildman–Crippen LogP) is 1.41. The van der Waals surface area contributed by atoms with E-state index in [-0.39, 0.29) is 0 Å². The minimum atomic E-state index is 0.884. The van der Waals surface area contributed by atoms with Gasteiger partial charge in [0.2, 0.25) is 0 Å². The summed E-state index contributed by atoms with van der Waals surface area (Å²) >= 11 is 0. The Labute approximate surface area is 61.4 Å². The van der Waals surface area contributed by atoms with Gasteiger partial charge in [-0.1, -0.05) is 18.2 Å². The van der Waals surface area contributed by atoms with Gasteiger partial charge in [-0.05, 0) is 19.2 Å². The van der Waals surface area contributed by atoms with Crippen LogP contribution in [-0.2, 0) is 0 Å². The second-order valence-corrected chi connectivity index (χ2v) is 2.11. The van der Waals surface area contributed by atoms with Gasteiger partial charge in [0.05, 0.1) is 0 Å². The molecule has 0 aliphatic heterocycles. The highest BCUT2D eigenvalue weighted by atomic mass is 14.8. The molecule has 0 fully saturated rings. The Morgan fingerprint density at radius 3 is 3.10 bits per heavy atom. The number of nitrogens with one attached hydrogen (secondary N) is 1. The average Bonchev–Trinajstić information content (AvgIpc) is 2.17. The predicted molar refractivity (Wildman–Crippen MR) is 43.8 cm³/mol. The van der Waals surface area contributed by atoms with E-state index < -0.39 is 0 Å². The van der Waals surface area contributed by atoms with Crippen LogP contribution in [0.15, 0.2) is 41.7 Å². The van der Waals surface area contributed by atoms with Crippen molar-refractivity contribution in [2.75, 3.05) is 13.6 Å². The van der Waals surface area contributed by atoms with Gasteiger partial charge in [0.15, 0.2) is 0 Å². The molecule has 0 aromatic heterocycles. The van der Waals surface area contributed by atoms with Crippen molar-refractivity contribution in [1.82, 2.24) is 5.32 Å². The summed E-state index contributed by atoms with van der Waals surface area (Å²) in [4.78, 5) is 0. The third-order valence-corrected chi connectivity index (χ3v) is 1.25. The highest BCUT2D eigenvalue weighted by Gasteiger charge is 1.86. The number of likely N-dealkylation sites (N-methyl/N-ethyl adjacent to an activating group) is 1. The van der Waals surface area contributed by atoms with Crippen LogP contribution in [0.3, 0.4) is 0 Å². The maximum atomic E-state index is 3.14. The standard InChI is InChI=1S/C9H11N/c1-10-8-9-6-4-2-3-5-7-9/h2-6,10H,8H2,1H3. The Morgan fingerprint density at radius 1 is 1.40 bits per heavy atom. The summed E-state index contributed by atoms with van der Waals surface area (Å²) in [5, 5.41) is 3.07. The molecule has 0 heterocycles. The Balaban J connectivity index is 2.67. The van der Waals surface area contributed by atoms with Crippen LogP contribution in [0.4, 0.5) is 0 Å². The van der Waals surface area contributed by atoms with Gasteiger partial charge in [-0.2, -0.15) is 0 Å². The SMILES string of the molecule is CNCC1=C=CC=CC=C1. The van der Waals surface area contributed by atoms with Crippen molar-refractivity contribution in [2.45, 2.75) is 0 Å². The molecule has 1 rings (SSSR count). The maximum Gasteiger partial charge on any atom is 0.0275 e. The lowest BCUT2D eigenvalue weighted by Gasteiger charge is -1.93. The summed E-state index contributed by atoms with van der Waals surface area (Å²) in [7, 11) is 1.93. The van der Waals surface area contributed by atoms with Crippen molar-refractivity contribution in [3.63, 3.8) is 0 Å². The third kappa shape index (κ3) is 2.06. The molecule has 0 saturated carbocycles. The highest BCUT2D eigenvalue weighted by molar-refractivity contribution is 5.28. The molecule has 0 aromatic rings. The van der Waals surface area contributed by atoms with Crippen LogP contribution in [-0.4, -0.2) is 13.6 Å². The fourth-order valence-corrected chi connectivity index (χ4v) is 0.795. The van der Waals surface area contributed by atoms with Crippen molar-refractivity contribution < 1.29 is 0 Å². The van der Waals surface area contributed by atoms with Gasteiger partial charge in [0.25, 0.3) is 0 Å². The van der Waals surface area contributed by atoms with Gasteiger partial charge < -0.3 is 5.32 Å². The van der Waals surface area contributed by atoms with E-state index in [4.69, 9.17) is 0 Å². The summed E-state index contributed by atoms with van der Waals surface area (Å²) in [6.45, 7) is 0.884. The molecule has 0 saturated heterocycles. The molecule has 0 atom stereocenters. The molecule has 10 heavy (non-hydrogen) atoms. The molecule has 52 valence electrons. The van der Waals surface area contributed by atoms with Crippen molar-refractivity contribution in [3.05, 3.63) is 41.7 Å². The first-order chi connectivity index (χ1) is 4.93. The molecule has 1 heteroatoms. The van der Waals surface area contributed by atoms with Crippen LogP contribution in [0, 0.1) is 0 Å². The van der Waals surface area contributed by atoms with Crippen LogP contribution in [0.2, 0.25) is 0 Å². The minimum Gasteiger partial charge on any atom is -0.315 e. The lowest BCUT2D eigenvalue weighted by atomic mass is 10.2. The first-order valence-corrected chi connectivity index (χ1v) is 3.37. The van der Waals surface area contributed by atoms with E-state index >= 15 is 0 Å². The number of rotatable bonds is 2. The fraction of sp³-hybridized carbons (Fsp3) is 0.222. The van der Waals surface area contributed by atoms with Gasteiger partial charge in [-0.3, -0.25) is 0 Å². The molecular weight excluding hydrogens is 122 g/mol. The fourth-order valence-electron chi connectivity index (χ4n) is 0.795. The van der Waals surface area contributed by atoms with Gasteiger partial charge in [0.1, 0.15) is 0 Å². The quantitative estimate of drug-likeness (QED) is 0.562. The molecule has 0 aromatic carbocycles. The molecule has 0 spiro atoms. The molecule has 0 bridgehead atoms. The van der Waals surface area contributed by atoms with Gasteiger partial charge in [-0.25, -0.2) is 0 Å². The van der Waals surface area contributed by atoms with Crippen LogP contribution in [0.5, 0.6) is 0 Å². The smallest absolute Gasteiger partial charge is 0.0275 e. The van der Waals surface area contributed by atoms with Crippen LogP contribution >= 0.6 is 0 Å². The molecule has 1 aliphatic rings. The molecule has 0 radical (unpaired) electrons. The Morgan fingerprint density at radius 2 is 2.30 bits per heavy atom. The number of hydrogen-bond acceptors (Lipinski definition) is 1. The number of hydrogen-bond donors (Lipinski definition) is 1. The van der Waals surface area contributed by atoms with Crippen LogP contribution < -0.4 is 5.32 Å². The van der Waals surface area contributed by atoms with Crippen LogP contribution in [0.1, 0.15) is 0 Å². The lowest BCUT2D eigenvalue weighted by molar-refractivity contribution is 0.897. The second kappa shape index (κ2) is 3.89. The topological polar surface area (TPSA) is 12.0 Å². The summed E-state index contributed by atoms with van der Waals surface area (Å²) in [6, 6.07) is 0. The van der Waals surface area contributed by atoms with Crippen molar-refractivity contribution in [1.29, 1.82) is 0 Å². The average molecular weight is 133 g/mol. The summed E-state index contributed by atoms with van der Waals surface area (Å²) < 4.78 is 0. The highest BCUT2D eigenvalue weighted by Crippen LogP contribution is 1.96. The summed E-state index contributed by atoms with van der Waals surface area (Å²) in [5.41, 5.74) is 4.33. The van der Waals surface area contributed by atoms with E-state index in [1.54, 1.807) is 0 Å². The molecular formula is C9H11N. The zero-order chi connectivity index (χ0) is 7.23. The van der Waals surface area contributed by atoms with E-state index in [9.17, 15) is 0 Å². The summed E-state index contributed by atoms with van der Waals surface area (Å²) in [6.07, 6.45) is 9.96.